The summed E-state index contributed by atoms with van der Waals surface area (Å²) in [5.41, 5.74) is 8.26. The maximum absolute atomic E-state index is 2.50. The van der Waals surface area contributed by atoms with Crippen molar-refractivity contribution in [3.05, 3.63) is 81.4 Å². The first-order valence-corrected chi connectivity index (χ1v) is 10.7. The molecule has 0 bridgehead atoms. The molecule has 0 fully saturated rings. The molecule has 0 heterocycles. The van der Waals surface area contributed by atoms with E-state index in [0.29, 0.717) is 0 Å². The first-order chi connectivity index (χ1) is 12.6. The minimum atomic E-state index is 0.183. The minimum Gasteiger partial charge on any atom is -0.0610 e. The van der Waals surface area contributed by atoms with E-state index in [-0.39, 0.29) is 10.8 Å². The summed E-state index contributed by atoms with van der Waals surface area (Å²) >= 11 is 2.50. The third-order valence-corrected chi connectivity index (χ3v) is 6.28. The fourth-order valence-electron chi connectivity index (χ4n) is 3.28. The Balaban J connectivity index is 1.99. The van der Waals surface area contributed by atoms with Crippen molar-refractivity contribution in [2.24, 2.45) is 0 Å². The average Bonchev–Trinajstić information content (AvgIpc) is 2.61. The van der Waals surface area contributed by atoms with Crippen LogP contribution in [-0.2, 0) is 10.8 Å². The van der Waals surface area contributed by atoms with Gasteiger partial charge in [0.1, 0.15) is 0 Å². The summed E-state index contributed by atoms with van der Waals surface area (Å²) in [5.74, 6) is 0. The number of halogens is 1. The molecule has 0 aromatic heterocycles. The lowest BCUT2D eigenvalue weighted by atomic mass is 9.85. The first kappa shape index (κ1) is 20.1. The summed E-state index contributed by atoms with van der Waals surface area (Å²) in [7, 11) is 0. The highest BCUT2D eigenvalue weighted by atomic mass is 127. The Labute approximate surface area is 178 Å². The van der Waals surface area contributed by atoms with Crippen LogP contribution in [0.3, 0.4) is 0 Å². The molecule has 0 radical (unpaired) electrons. The van der Waals surface area contributed by atoms with Crippen LogP contribution in [0.1, 0.15) is 52.7 Å². The van der Waals surface area contributed by atoms with E-state index < -0.39 is 0 Å². The van der Waals surface area contributed by atoms with Gasteiger partial charge in [0.05, 0.1) is 0 Å². The molecule has 3 rings (SSSR count). The number of benzene rings is 3. The maximum atomic E-state index is 2.50. The Kier molecular flexibility index (Phi) is 5.54. The number of hydrogen-bond acceptors (Lipinski definition) is 0. The predicted molar refractivity (Wildman–Crippen MR) is 127 cm³/mol. The van der Waals surface area contributed by atoms with Gasteiger partial charge in [-0.05, 0) is 66.8 Å². The second-order valence-corrected chi connectivity index (χ2v) is 10.4. The molecule has 3 aromatic rings. The van der Waals surface area contributed by atoms with Crippen molar-refractivity contribution in [3.63, 3.8) is 0 Å². The minimum absolute atomic E-state index is 0.183. The van der Waals surface area contributed by atoms with Gasteiger partial charge in [0.25, 0.3) is 0 Å². The fraction of sp³-hybridized carbons (Fsp3) is 0.308. The van der Waals surface area contributed by atoms with Crippen molar-refractivity contribution in [2.75, 3.05) is 0 Å². The monoisotopic (exact) mass is 468 g/mol. The smallest absolute Gasteiger partial charge is 0.0287 e. The van der Waals surface area contributed by atoms with Gasteiger partial charge < -0.3 is 0 Å². The molecule has 0 unspecified atom stereocenters. The lowest BCUT2D eigenvalue weighted by Gasteiger charge is -2.20. The van der Waals surface area contributed by atoms with Gasteiger partial charge in [0.2, 0.25) is 0 Å². The zero-order valence-electron chi connectivity index (χ0n) is 17.2. The van der Waals surface area contributed by atoms with E-state index in [4.69, 9.17) is 0 Å². The van der Waals surface area contributed by atoms with Gasteiger partial charge in [0.15, 0.2) is 0 Å². The summed E-state index contributed by atoms with van der Waals surface area (Å²) in [5, 5.41) is 0. The Bertz CT molecular complexity index is 842. The summed E-state index contributed by atoms with van der Waals surface area (Å²) in [6.07, 6.45) is 0. The predicted octanol–water partition coefficient (Wildman–Crippen LogP) is 8.22. The summed E-state index contributed by atoms with van der Waals surface area (Å²) in [4.78, 5) is 0. The zero-order valence-corrected chi connectivity index (χ0v) is 19.4. The van der Waals surface area contributed by atoms with Gasteiger partial charge in [-0.15, -0.1) is 0 Å². The van der Waals surface area contributed by atoms with Crippen LogP contribution in [0.2, 0.25) is 0 Å². The lowest BCUT2D eigenvalue weighted by molar-refractivity contribution is 0.590. The zero-order chi connectivity index (χ0) is 19.8. The highest BCUT2D eigenvalue weighted by Crippen LogP contribution is 2.35. The van der Waals surface area contributed by atoms with Crippen LogP contribution in [0.4, 0.5) is 0 Å². The van der Waals surface area contributed by atoms with Crippen LogP contribution < -0.4 is 0 Å². The van der Waals surface area contributed by atoms with E-state index in [0.717, 1.165) is 0 Å². The molecular weight excluding hydrogens is 439 g/mol. The molecule has 0 N–H and O–H groups in total. The molecule has 1 heteroatoms. The summed E-state index contributed by atoms with van der Waals surface area (Å²) in [6.45, 7) is 13.5. The van der Waals surface area contributed by atoms with Crippen molar-refractivity contribution in [1.29, 1.82) is 0 Å². The molecule has 27 heavy (non-hydrogen) atoms. The van der Waals surface area contributed by atoms with E-state index in [1.165, 1.54) is 37.0 Å². The normalized spacial score (nSPS) is 12.3. The third-order valence-electron chi connectivity index (χ3n) is 5.12. The van der Waals surface area contributed by atoms with E-state index in [1.807, 2.05) is 0 Å². The summed E-state index contributed by atoms with van der Waals surface area (Å²) < 4.78 is 1.31. The van der Waals surface area contributed by atoms with Crippen molar-refractivity contribution < 1.29 is 0 Å². The van der Waals surface area contributed by atoms with Crippen molar-refractivity contribution >= 4 is 22.6 Å². The Hall–Kier alpha value is -1.61. The topological polar surface area (TPSA) is 0 Å². The number of hydrogen-bond donors (Lipinski definition) is 0. The molecule has 3 aromatic carbocycles. The van der Waals surface area contributed by atoms with Gasteiger partial charge in [-0.3, -0.25) is 0 Å². The Morgan fingerprint density at radius 2 is 0.852 bits per heavy atom. The van der Waals surface area contributed by atoms with Crippen LogP contribution in [0, 0.1) is 3.57 Å². The van der Waals surface area contributed by atoms with Crippen LogP contribution in [0.5, 0.6) is 0 Å². The van der Waals surface area contributed by atoms with Crippen molar-refractivity contribution in [3.8, 4) is 22.3 Å². The standard InChI is InChI=1S/C26H29I/c1-25(2,3)20-14-10-18(11-15-20)22-8-7-9-23(24(22)27)19-12-16-21(17-13-19)26(4,5)6/h7-17H,1-6H3. The van der Waals surface area contributed by atoms with Gasteiger partial charge in [-0.25, -0.2) is 0 Å². The van der Waals surface area contributed by atoms with Gasteiger partial charge >= 0.3 is 0 Å². The fourth-order valence-corrected chi connectivity index (χ4v) is 4.26. The van der Waals surface area contributed by atoms with Crippen molar-refractivity contribution in [1.82, 2.24) is 0 Å². The molecular formula is C26H29I. The molecule has 0 aliphatic heterocycles. The lowest BCUT2D eigenvalue weighted by Crippen LogP contribution is -2.10. The third kappa shape index (κ3) is 4.45. The highest BCUT2D eigenvalue weighted by Gasteiger charge is 2.16. The molecule has 0 nitrogen and oxygen atoms in total. The Morgan fingerprint density at radius 1 is 0.519 bits per heavy atom. The van der Waals surface area contributed by atoms with Gasteiger partial charge in [-0.2, -0.15) is 0 Å². The molecule has 0 saturated heterocycles. The Morgan fingerprint density at radius 3 is 1.15 bits per heavy atom. The molecule has 0 spiro atoms. The molecule has 0 amide bonds. The SMILES string of the molecule is CC(C)(C)c1ccc(-c2cccc(-c3ccc(C(C)(C)C)cc3)c2I)cc1. The van der Waals surface area contributed by atoms with Crippen LogP contribution >= 0.6 is 22.6 Å². The second-order valence-electron chi connectivity index (χ2n) is 9.32. The van der Waals surface area contributed by atoms with Crippen molar-refractivity contribution in [2.45, 2.75) is 52.4 Å². The molecule has 0 aliphatic rings. The highest BCUT2D eigenvalue weighted by molar-refractivity contribution is 14.1. The van der Waals surface area contributed by atoms with E-state index in [9.17, 15) is 0 Å². The number of rotatable bonds is 2. The average molecular weight is 468 g/mol. The van der Waals surface area contributed by atoms with E-state index in [2.05, 4.69) is 131 Å². The van der Waals surface area contributed by atoms with Gasteiger partial charge in [-0.1, -0.05) is 108 Å². The second kappa shape index (κ2) is 7.43. The molecule has 0 atom stereocenters. The summed E-state index contributed by atoms with van der Waals surface area (Å²) in [6, 6.07) is 24.7. The van der Waals surface area contributed by atoms with Crippen LogP contribution in [-0.4, -0.2) is 0 Å². The maximum Gasteiger partial charge on any atom is 0.0287 e. The van der Waals surface area contributed by atoms with Gasteiger partial charge in [0, 0.05) is 3.57 Å². The molecule has 0 saturated carbocycles. The van der Waals surface area contributed by atoms with Crippen LogP contribution in [0.25, 0.3) is 22.3 Å². The first-order valence-electron chi connectivity index (χ1n) is 9.58. The molecule has 0 aliphatic carbocycles. The van der Waals surface area contributed by atoms with E-state index in [1.54, 1.807) is 0 Å². The molecule has 140 valence electrons. The van der Waals surface area contributed by atoms with E-state index >= 15 is 0 Å². The quantitative estimate of drug-likeness (QED) is 0.333. The van der Waals surface area contributed by atoms with Crippen LogP contribution in [0.15, 0.2) is 66.7 Å². The largest absolute Gasteiger partial charge is 0.0610 e.